The minimum Gasteiger partial charge on any atom is -0.376 e. The van der Waals surface area contributed by atoms with E-state index in [1.165, 1.54) is 5.06 Å². The van der Waals surface area contributed by atoms with Gasteiger partial charge in [-0.3, -0.25) is 10.2 Å². The van der Waals surface area contributed by atoms with Gasteiger partial charge in [0, 0.05) is 28.2 Å². The molecule has 0 spiro atoms. The maximum absolute atomic E-state index is 12.5. The number of rotatable bonds is 2. The summed E-state index contributed by atoms with van der Waals surface area (Å²) >= 11 is 6.20. The highest BCUT2D eigenvalue weighted by Crippen LogP contribution is 2.29. The minimum absolute atomic E-state index is 0.0214. The molecule has 1 amide bonds. The summed E-state index contributed by atoms with van der Waals surface area (Å²) < 4.78 is 2.09. The number of hydrogen-bond donors (Lipinski definition) is 1. The van der Waals surface area contributed by atoms with Crippen LogP contribution in [0.2, 0.25) is 5.02 Å². The number of nitrogens with one attached hydrogen (secondary N) is 1. The quantitative estimate of drug-likeness (QED) is 0.762. The third kappa shape index (κ3) is 2.86. The first-order valence-electron chi connectivity index (χ1n) is 8.82. The number of halogens is 1. The number of aromatic nitrogens is 1. The van der Waals surface area contributed by atoms with Gasteiger partial charge in [0.15, 0.2) is 11.7 Å². The van der Waals surface area contributed by atoms with Gasteiger partial charge >= 0.3 is 0 Å². The second-order valence-electron chi connectivity index (χ2n) is 6.92. The van der Waals surface area contributed by atoms with E-state index in [4.69, 9.17) is 21.8 Å². The zero-order valence-corrected chi connectivity index (χ0v) is 16.8. The van der Waals surface area contributed by atoms with Gasteiger partial charge in [-0.25, -0.2) is 0 Å². The molecule has 0 aliphatic carbocycles. The molecule has 3 heterocycles. The Morgan fingerprint density at radius 1 is 1.18 bits per heavy atom. The molecule has 2 aromatic rings. The Morgan fingerprint density at radius 2 is 1.93 bits per heavy atom. The van der Waals surface area contributed by atoms with Crippen LogP contribution in [0.1, 0.15) is 29.4 Å². The van der Waals surface area contributed by atoms with Crippen molar-refractivity contribution in [1.29, 1.82) is 5.41 Å². The fourth-order valence-electron chi connectivity index (χ4n) is 3.48. The highest BCUT2D eigenvalue weighted by atomic mass is 35.5. The van der Waals surface area contributed by atoms with E-state index < -0.39 is 5.91 Å². The Labute approximate surface area is 167 Å². The summed E-state index contributed by atoms with van der Waals surface area (Å²) in [5, 5.41) is 10.3. The molecule has 4 rings (SSSR count). The Kier molecular flexibility index (Phi) is 4.23. The fourth-order valence-corrected chi connectivity index (χ4v) is 3.65. The van der Waals surface area contributed by atoms with Crippen molar-refractivity contribution in [1.82, 2.24) is 9.63 Å². The van der Waals surface area contributed by atoms with Gasteiger partial charge in [0.05, 0.1) is 5.57 Å². The van der Waals surface area contributed by atoms with Crippen molar-refractivity contribution in [3.05, 3.63) is 69.2 Å². The number of amidine groups is 2. The molecule has 1 N–H and O–H groups in total. The molecular formula is C21H19ClN4O2. The minimum atomic E-state index is -0.450. The topological polar surface area (TPSA) is 70.7 Å². The monoisotopic (exact) mass is 394 g/mol. The van der Waals surface area contributed by atoms with Crippen LogP contribution in [0.15, 0.2) is 46.7 Å². The molecule has 1 aromatic heterocycles. The normalized spacial score (nSPS) is 17.6. The molecule has 6 nitrogen and oxygen atoms in total. The van der Waals surface area contributed by atoms with E-state index in [0.29, 0.717) is 16.6 Å². The van der Waals surface area contributed by atoms with Crippen LogP contribution in [0, 0.1) is 26.2 Å². The van der Waals surface area contributed by atoms with E-state index in [-0.39, 0.29) is 11.4 Å². The van der Waals surface area contributed by atoms with E-state index in [2.05, 4.69) is 9.56 Å². The summed E-state index contributed by atoms with van der Waals surface area (Å²) in [6.45, 7) is 7.75. The number of allylic oxidation sites excluding steroid dienone is 1. The number of aryl methyl sites for hydroxylation is 2. The van der Waals surface area contributed by atoms with Gasteiger partial charge in [0.1, 0.15) is 5.76 Å². The smallest absolute Gasteiger partial charge is 0.282 e. The molecule has 0 unspecified atom stereocenters. The van der Waals surface area contributed by atoms with Crippen LogP contribution in [0.3, 0.4) is 0 Å². The van der Waals surface area contributed by atoms with E-state index in [9.17, 15) is 4.79 Å². The molecule has 0 atom stereocenters. The molecule has 0 fully saturated rings. The van der Waals surface area contributed by atoms with Crippen LogP contribution in [0.5, 0.6) is 0 Å². The molecule has 2 aliphatic rings. The molecule has 142 valence electrons. The number of amides is 1. The van der Waals surface area contributed by atoms with E-state index in [0.717, 1.165) is 28.2 Å². The van der Waals surface area contributed by atoms with E-state index in [1.54, 1.807) is 19.1 Å². The molecule has 0 saturated carbocycles. The number of hydroxylamine groups is 2. The lowest BCUT2D eigenvalue weighted by atomic mass is 10.1. The van der Waals surface area contributed by atoms with Crippen LogP contribution in [-0.2, 0) is 9.63 Å². The van der Waals surface area contributed by atoms with Crippen molar-refractivity contribution >= 4 is 35.3 Å². The molecule has 1 aromatic carbocycles. The maximum atomic E-state index is 12.5. The molecule has 2 aliphatic heterocycles. The van der Waals surface area contributed by atoms with E-state index in [1.807, 2.05) is 45.0 Å². The Bertz CT molecular complexity index is 1140. The highest BCUT2D eigenvalue weighted by Gasteiger charge is 2.34. The average molecular weight is 395 g/mol. The molecule has 0 saturated heterocycles. The van der Waals surface area contributed by atoms with Gasteiger partial charge in [-0.05, 0) is 63.1 Å². The van der Waals surface area contributed by atoms with Crippen LogP contribution >= 0.6 is 11.6 Å². The first-order chi connectivity index (χ1) is 13.3. The number of benzene rings is 1. The summed E-state index contributed by atoms with van der Waals surface area (Å²) in [6.07, 6.45) is 3.33. The number of carbonyl (C=O) groups excluding carboxylic acids is 1. The second kappa shape index (κ2) is 6.49. The number of carbonyl (C=O) groups is 1. The zero-order valence-electron chi connectivity index (χ0n) is 16.0. The first kappa shape index (κ1) is 18.3. The van der Waals surface area contributed by atoms with Crippen molar-refractivity contribution in [3.8, 4) is 5.69 Å². The van der Waals surface area contributed by atoms with Crippen molar-refractivity contribution in [2.24, 2.45) is 4.99 Å². The maximum Gasteiger partial charge on any atom is 0.282 e. The first-order valence-corrected chi connectivity index (χ1v) is 9.19. The van der Waals surface area contributed by atoms with Crippen LogP contribution in [0.25, 0.3) is 11.8 Å². The highest BCUT2D eigenvalue weighted by molar-refractivity contribution is 6.32. The Morgan fingerprint density at radius 3 is 2.68 bits per heavy atom. The van der Waals surface area contributed by atoms with Crippen molar-refractivity contribution < 1.29 is 9.63 Å². The van der Waals surface area contributed by atoms with Crippen LogP contribution in [-0.4, -0.2) is 27.2 Å². The Hall–Kier alpha value is -3.12. The van der Waals surface area contributed by atoms with Crippen LogP contribution in [0.4, 0.5) is 0 Å². The molecule has 7 heteroatoms. The zero-order chi connectivity index (χ0) is 20.2. The lowest BCUT2D eigenvalue weighted by molar-refractivity contribution is -0.114. The lowest BCUT2D eigenvalue weighted by Gasteiger charge is -2.23. The average Bonchev–Trinajstić information content (AvgIpc) is 3.13. The predicted molar refractivity (Wildman–Crippen MR) is 110 cm³/mol. The Balaban J connectivity index is 1.79. The SMILES string of the molecule is CC1=CC2=NC(=O)/C(=C\c3cc(C)n(-c4cc(Cl)ccc4C)c3C)C(=N)N2O1. The fraction of sp³-hybridized carbons (Fsp3) is 0.190. The summed E-state index contributed by atoms with van der Waals surface area (Å²) in [6, 6.07) is 7.74. The van der Waals surface area contributed by atoms with Gasteiger partial charge < -0.3 is 9.40 Å². The third-order valence-electron chi connectivity index (χ3n) is 4.86. The van der Waals surface area contributed by atoms with Crippen molar-refractivity contribution in [2.45, 2.75) is 27.7 Å². The van der Waals surface area contributed by atoms with Gasteiger partial charge in [-0.1, -0.05) is 17.7 Å². The molecule has 0 radical (unpaired) electrons. The van der Waals surface area contributed by atoms with Crippen molar-refractivity contribution in [2.75, 3.05) is 0 Å². The predicted octanol–water partition coefficient (Wildman–Crippen LogP) is 4.51. The van der Waals surface area contributed by atoms with Crippen LogP contribution < -0.4 is 0 Å². The molecule has 0 bridgehead atoms. The summed E-state index contributed by atoms with van der Waals surface area (Å²) in [7, 11) is 0. The largest absolute Gasteiger partial charge is 0.376 e. The molecular weight excluding hydrogens is 376 g/mol. The number of fused-ring (bicyclic) bond motifs is 1. The standard InChI is InChI=1S/C21H19ClN4O2/c1-11-5-6-16(22)10-18(11)25-12(2)7-15(14(25)4)9-17-20(23)26-19(24-21(17)27)8-13(3)28-26/h5-10,23H,1-4H3/b17-9-,23-20?. The van der Waals surface area contributed by atoms with Gasteiger partial charge in [0.2, 0.25) is 0 Å². The lowest BCUT2D eigenvalue weighted by Crippen LogP contribution is -2.38. The number of aliphatic imine (C=N–C) groups is 1. The summed E-state index contributed by atoms with van der Waals surface area (Å²) in [5.74, 6) is 0.457. The molecule has 28 heavy (non-hydrogen) atoms. The van der Waals surface area contributed by atoms with Gasteiger partial charge in [-0.15, -0.1) is 5.06 Å². The second-order valence-corrected chi connectivity index (χ2v) is 7.35. The number of nitrogens with zero attached hydrogens (tertiary/aromatic N) is 3. The van der Waals surface area contributed by atoms with E-state index >= 15 is 0 Å². The van der Waals surface area contributed by atoms with Crippen molar-refractivity contribution in [3.63, 3.8) is 0 Å². The third-order valence-corrected chi connectivity index (χ3v) is 5.10. The van der Waals surface area contributed by atoms with Gasteiger partial charge in [0.25, 0.3) is 5.91 Å². The number of hydrogen-bond acceptors (Lipinski definition) is 3. The summed E-state index contributed by atoms with van der Waals surface area (Å²) in [4.78, 5) is 22.0. The van der Waals surface area contributed by atoms with Gasteiger partial charge in [-0.2, -0.15) is 4.99 Å². The summed E-state index contributed by atoms with van der Waals surface area (Å²) in [5.41, 5.74) is 5.06.